The van der Waals surface area contributed by atoms with E-state index in [1.807, 2.05) is 36.4 Å². The van der Waals surface area contributed by atoms with Crippen LogP contribution in [0.3, 0.4) is 0 Å². The van der Waals surface area contributed by atoms with E-state index in [0.29, 0.717) is 56.8 Å². The normalized spacial score (nSPS) is 20.2. The zero-order valence-electron chi connectivity index (χ0n) is 28.8. The lowest BCUT2D eigenvalue weighted by Gasteiger charge is -2.34. The largest absolute Gasteiger partial charge is 0.497 e. The van der Waals surface area contributed by atoms with Crippen LogP contribution in [0, 0.1) is 0 Å². The first kappa shape index (κ1) is 33.7. The van der Waals surface area contributed by atoms with Gasteiger partial charge in [-0.1, -0.05) is 22.0 Å². The van der Waals surface area contributed by atoms with Crippen molar-refractivity contribution in [2.45, 2.75) is 11.1 Å². The third-order valence-corrected chi connectivity index (χ3v) is 10.2. The number of hydrogen-bond acceptors (Lipinski definition) is 12. The number of amides is 2. The van der Waals surface area contributed by atoms with Gasteiger partial charge in [-0.2, -0.15) is 0 Å². The Kier molecular flexibility index (Phi) is 7.83. The van der Waals surface area contributed by atoms with E-state index in [1.165, 1.54) is 16.1 Å². The number of fused-ring (bicyclic) bond motifs is 8. The molecule has 2 atom stereocenters. The highest BCUT2D eigenvalue weighted by atomic mass is 79.9. The lowest BCUT2D eigenvalue weighted by molar-refractivity contribution is -0.130. The molecule has 266 valence electrons. The van der Waals surface area contributed by atoms with Crippen LogP contribution in [-0.4, -0.2) is 71.8 Å². The number of rotatable bonds is 3. The second kappa shape index (κ2) is 12.3. The van der Waals surface area contributed by atoms with E-state index in [-0.39, 0.29) is 23.7 Å². The van der Waals surface area contributed by atoms with Crippen molar-refractivity contribution in [2.24, 2.45) is 21.5 Å². The number of carbonyl (C=O) groups excluding carboxylic acids is 2. The van der Waals surface area contributed by atoms with Crippen molar-refractivity contribution in [1.29, 1.82) is 0 Å². The summed E-state index contributed by atoms with van der Waals surface area (Å²) in [7, 11) is 6.37. The molecule has 15 heteroatoms. The van der Waals surface area contributed by atoms with Gasteiger partial charge in [-0.25, -0.2) is 20.0 Å². The van der Waals surface area contributed by atoms with Gasteiger partial charge in [-0.3, -0.25) is 19.4 Å². The van der Waals surface area contributed by atoms with Crippen LogP contribution in [0.2, 0.25) is 0 Å². The Morgan fingerprint density at radius 3 is 1.51 bits per heavy atom. The Labute approximate surface area is 311 Å². The summed E-state index contributed by atoms with van der Waals surface area (Å²) in [4.78, 5) is 46.7. The number of methoxy groups -OCH3 is 2. The highest BCUT2D eigenvalue weighted by molar-refractivity contribution is 9.10. The van der Waals surface area contributed by atoms with E-state index in [2.05, 4.69) is 35.9 Å². The fraction of sp³-hybridized carbons (Fsp3) is 0.158. The molecular formula is C38H31BrN8O6. The lowest BCUT2D eigenvalue weighted by atomic mass is 9.79. The first-order chi connectivity index (χ1) is 25.5. The number of aliphatic imine (C=N–C) groups is 2. The van der Waals surface area contributed by atoms with Gasteiger partial charge in [0.05, 0.1) is 14.2 Å². The molecule has 0 saturated carbocycles. The Balaban J connectivity index is 0.000000154. The summed E-state index contributed by atoms with van der Waals surface area (Å²) in [5.41, 5.74) is 13.5. The number of carbonyl (C=O) groups is 2. The second-order valence-corrected chi connectivity index (χ2v) is 13.4. The molecule has 5 heterocycles. The molecule has 4 aliphatic heterocycles. The SMILES string of the molecule is COc1ccc2c(c1)C1(N=C(N)N(C)C1=O)c1cc(-c3cncnc3)ccc1O2.COc1ccc2c(c1)C1(N=C(N)N(C)C1=O)c1cc(Br)ccc1O2. The van der Waals surface area contributed by atoms with E-state index in [1.54, 1.807) is 77.1 Å². The van der Waals surface area contributed by atoms with Crippen molar-refractivity contribution < 1.29 is 28.5 Å². The minimum atomic E-state index is -1.35. The zero-order chi connectivity index (χ0) is 37.2. The molecule has 14 nitrogen and oxygen atoms in total. The van der Waals surface area contributed by atoms with Gasteiger partial charge < -0.3 is 30.4 Å². The fourth-order valence-corrected chi connectivity index (χ4v) is 7.29. The highest BCUT2D eigenvalue weighted by Crippen LogP contribution is 2.54. The number of ether oxygens (including phenoxy) is 4. The third-order valence-electron chi connectivity index (χ3n) is 9.67. The highest BCUT2D eigenvalue weighted by Gasteiger charge is 2.56. The summed E-state index contributed by atoms with van der Waals surface area (Å²) in [6.07, 6.45) is 4.89. The van der Waals surface area contributed by atoms with Crippen molar-refractivity contribution >= 4 is 39.7 Å². The molecule has 4 N–H and O–H groups in total. The van der Waals surface area contributed by atoms with Crippen LogP contribution >= 0.6 is 15.9 Å². The molecule has 0 bridgehead atoms. The van der Waals surface area contributed by atoms with Gasteiger partial charge in [0.15, 0.2) is 11.9 Å². The van der Waals surface area contributed by atoms with Crippen molar-refractivity contribution in [3.8, 4) is 45.6 Å². The summed E-state index contributed by atoms with van der Waals surface area (Å²) in [6.45, 7) is 0. The minimum absolute atomic E-state index is 0.144. The van der Waals surface area contributed by atoms with Crippen LogP contribution < -0.4 is 30.4 Å². The quantitative estimate of drug-likeness (QED) is 0.257. The van der Waals surface area contributed by atoms with Crippen molar-refractivity contribution in [2.75, 3.05) is 28.3 Å². The molecule has 0 saturated heterocycles. The zero-order valence-corrected chi connectivity index (χ0v) is 30.4. The average molecular weight is 776 g/mol. The van der Waals surface area contributed by atoms with Crippen LogP contribution in [-0.2, 0) is 20.7 Å². The van der Waals surface area contributed by atoms with Gasteiger partial charge in [0.25, 0.3) is 11.8 Å². The molecule has 1 aromatic heterocycles. The first-order valence-electron chi connectivity index (χ1n) is 16.2. The monoisotopic (exact) mass is 774 g/mol. The molecular weight excluding hydrogens is 744 g/mol. The molecule has 0 aliphatic carbocycles. The number of likely N-dealkylation sites (N-methyl/N-ethyl adjacent to an activating group) is 2. The molecule has 2 unspecified atom stereocenters. The number of guanidine groups is 2. The predicted molar refractivity (Wildman–Crippen MR) is 198 cm³/mol. The summed E-state index contributed by atoms with van der Waals surface area (Å²) >= 11 is 3.45. The van der Waals surface area contributed by atoms with Crippen LogP contribution in [0.5, 0.6) is 34.5 Å². The van der Waals surface area contributed by atoms with Crippen molar-refractivity contribution in [3.05, 3.63) is 118 Å². The van der Waals surface area contributed by atoms with Crippen LogP contribution in [0.1, 0.15) is 22.3 Å². The maximum Gasteiger partial charge on any atom is 0.266 e. The predicted octanol–water partition coefficient (Wildman–Crippen LogP) is 4.88. The minimum Gasteiger partial charge on any atom is -0.497 e. The van der Waals surface area contributed by atoms with Gasteiger partial charge >= 0.3 is 0 Å². The van der Waals surface area contributed by atoms with Crippen molar-refractivity contribution in [3.63, 3.8) is 0 Å². The summed E-state index contributed by atoms with van der Waals surface area (Å²) < 4.78 is 23.6. The summed E-state index contributed by atoms with van der Waals surface area (Å²) in [5.74, 6) is 3.27. The molecule has 4 aliphatic rings. The maximum atomic E-state index is 13.5. The molecule has 0 radical (unpaired) electrons. The molecule has 2 amide bonds. The first-order valence-corrected chi connectivity index (χ1v) is 17.0. The van der Waals surface area contributed by atoms with E-state index in [9.17, 15) is 9.59 Å². The Morgan fingerprint density at radius 1 is 0.623 bits per heavy atom. The standard InChI is InChI=1S/C21H17N5O3.C17H14BrN3O3/c1-26-19(27)21(25-20(26)22)15-7-12(13-9-23-11-24-10-13)3-5-17(15)29-18-6-4-14(28-2)8-16(18)21;1-21-15(22)17(20-16(21)19)11-7-9(18)3-5-13(11)24-14-6-4-10(23-2)8-12(14)17/h3-11H,1-2H3,(H2,22,25);3-8H,1-2H3,(H2,19,20). The van der Waals surface area contributed by atoms with E-state index in [0.717, 1.165) is 15.6 Å². The Bertz CT molecular complexity index is 2420. The lowest BCUT2D eigenvalue weighted by Crippen LogP contribution is -2.42. The number of hydrogen-bond donors (Lipinski definition) is 2. The maximum absolute atomic E-state index is 13.5. The molecule has 53 heavy (non-hydrogen) atoms. The van der Waals surface area contributed by atoms with Gasteiger partial charge in [0.2, 0.25) is 11.1 Å². The van der Waals surface area contributed by atoms with E-state index >= 15 is 0 Å². The Morgan fingerprint density at radius 2 is 1.06 bits per heavy atom. The molecule has 9 rings (SSSR count). The van der Waals surface area contributed by atoms with Crippen LogP contribution in [0.25, 0.3) is 11.1 Å². The van der Waals surface area contributed by atoms with Crippen LogP contribution in [0.4, 0.5) is 0 Å². The third kappa shape index (κ3) is 4.98. The molecule has 0 fully saturated rings. The summed E-state index contributed by atoms with van der Waals surface area (Å²) in [6, 6.07) is 21.8. The number of halogens is 1. The fourth-order valence-electron chi connectivity index (χ4n) is 6.93. The topological polar surface area (TPSA) is 180 Å². The van der Waals surface area contributed by atoms with Gasteiger partial charge in [0, 0.05) is 58.8 Å². The van der Waals surface area contributed by atoms with Gasteiger partial charge in [-0.15, -0.1) is 0 Å². The van der Waals surface area contributed by atoms with Crippen LogP contribution in [0.15, 0.2) is 106 Å². The number of nitrogens with zero attached hydrogens (tertiary/aromatic N) is 6. The van der Waals surface area contributed by atoms with E-state index < -0.39 is 11.1 Å². The smallest absolute Gasteiger partial charge is 0.266 e. The number of nitrogens with two attached hydrogens (primary N) is 2. The van der Waals surface area contributed by atoms with E-state index in [4.69, 9.17) is 30.4 Å². The second-order valence-electron chi connectivity index (χ2n) is 12.5. The van der Waals surface area contributed by atoms with Crippen molar-refractivity contribution in [1.82, 2.24) is 19.8 Å². The molecule has 5 aromatic rings. The summed E-state index contributed by atoms with van der Waals surface area (Å²) in [5, 5.41) is 0. The molecule has 2 spiro atoms. The average Bonchev–Trinajstić information content (AvgIpc) is 3.55. The Hall–Kier alpha value is -6.48. The van der Waals surface area contributed by atoms with Gasteiger partial charge in [0.1, 0.15) is 40.8 Å². The number of aromatic nitrogens is 2. The molecule has 4 aromatic carbocycles. The number of benzene rings is 4. The van der Waals surface area contributed by atoms with Gasteiger partial charge in [-0.05, 0) is 72.3 Å².